The minimum absolute atomic E-state index is 0.431. The van der Waals surface area contributed by atoms with Crippen molar-refractivity contribution in [2.75, 3.05) is 6.54 Å². The summed E-state index contributed by atoms with van der Waals surface area (Å²) in [5.74, 6) is 0. The van der Waals surface area contributed by atoms with Crippen molar-refractivity contribution in [1.82, 2.24) is 4.98 Å². The summed E-state index contributed by atoms with van der Waals surface area (Å²) >= 11 is 1.60. The van der Waals surface area contributed by atoms with E-state index in [2.05, 4.69) is 4.98 Å². The van der Waals surface area contributed by atoms with Crippen LogP contribution < -0.4 is 11.5 Å². The van der Waals surface area contributed by atoms with Gasteiger partial charge in [0.05, 0.1) is 5.54 Å². The highest BCUT2D eigenvalue weighted by molar-refractivity contribution is 7.11. The van der Waals surface area contributed by atoms with Crippen LogP contribution in [0, 0.1) is 6.92 Å². The number of rotatable bonds is 2. The van der Waals surface area contributed by atoms with Crippen LogP contribution in [0.25, 0.3) is 0 Å². The fraction of sp³-hybridized carbons (Fsp3) is 0.571. The van der Waals surface area contributed by atoms with Crippen molar-refractivity contribution in [2.24, 2.45) is 11.5 Å². The van der Waals surface area contributed by atoms with E-state index in [0.717, 1.165) is 5.01 Å². The molecule has 0 spiro atoms. The Bertz CT molecular complexity index is 242. The third-order valence-electron chi connectivity index (χ3n) is 1.53. The fourth-order valence-corrected chi connectivity index (χ4v) is 1.54. The molecule has 0 saturated carbocycles. The fourth-order valence-electron chi connectivity index (χ4n) is 0.706. The maximum absolute atomic E-state index is 5.87. The molecule has 0 amide bonds. The topological polar surface area (TPSA) is 64.9 Å². The van der Waals surface area contributed by atoms with Crippen LogP contribution in [-0.2, 0) is 5.54 Å². The smallest absolute Gasteiger partial charge is 0.114 e. The van der Waals surface area contributed by atoms with Gasteiger partial charge in [0.1, 0.15) is 5.01 Å². The minimum Gasteiger partial charge on any atom is -0.328 e. The lowest BCUT2D eigenvalue weighted by Gasteiger charge is -2.18. The van der Waals surface area contributed by atoms with Gasteiger partial charge >= 0.3 is 0 Å². The Labute approximate surface area is 70.4 Å². The first-order valence-corrected chi connectivity index (χ1v) is 4.30. The molecule has 3 nitrogen and oxygen atoms in total. The van der Waals surface area contributed by atoms with E-state index in [0.29, 0.717) is 6.54 Å². The quantitative estimate of drug-likeness (QED) is 0.684. The highest BCUT2D eigenvalue weighted by Gasteiger charge is 2.22. The summed E-state index contributed by atoms with van der Waals surface area (Å²) in [7, 11) is 0. The van der Waals surface area contributed by atoms with Gasteiger partial charge in [-0.3, -0.25) is 0 Å². The average molecular weight is 171 g/mol. The molecule has 62 valence electrons. The Hall–Kier alpha value is -0.450. The number of thiazole rings is 1. The van der Waals surface area contributed by atoms with E-state index in [1.54, 1.807) is 11.3 Å². The van der Waals surface area contributed by atoms with Crippen molar-refractivity contribution in [3.05, 3.63) is 16.1 Å². The SMILES string of the molecule is Cc1cnc(C(C)(N)CN)s1. The lowest BCUT2D eigenvalue weighted by molar-refractivity contribution is 0.504. The average Bonchev–Trinajstić information content (AvgIpc) is 2.36. The van der Waals surface area contributed by atoms with Crippen molar-refractivity contribution < 1.29 is 0 Å². The third kappa shape index (κ3) is 1.77. The van der Waals surface area contributed by atoms with Crippen molar-refractivity contribution in [3.63, 3.8) is 0 Å². The molecule has 0 aliphatic heterocycles. The summed E-state index contributed by atoms with van der Waals surface area (Å²) in [6.45, 7) is 4.33. The van der Waals surface area contributed by atoms with Crippen LogP contribution in [0.5, 0.6) is 0 Å². The van der Waals surface area contributed by atoms with Gasteiger partial charge < -0.3 is 11.5 Å². The maximum Gasteiger partial charge on any atom is 0.114 e. The third-order valence-corrected chi connectivity index (χ3v) is 2.73. The largest absolute Gasteiger partial charge is 0.328 e. The number of nitrogens with two attached hydrogens (primary N) is 2. The second-order valence-corrected chi connectivity index (χ2v) is 4.13. The highest BCUT2D eigenvalue weighted by atomic mass is 32.1. The van der Waals surface area contributed by atoms with Gasteiger partial charge in [0.15, 0.2) is 0 Å². The molecule has 1 atom stereocenters. The molecule has 4 heteroatoms. The monoisotopic (exact) mass is 171 g/mol. The standard InChI is InChI=1S/C7H13N3S/c1-5-3-10-6(11-5)7(2,9)4-8/h3H,4,8-9H2,1-2H3. The van der Waals surface area contributed by atoms with E-state index in [1.807, 2.05) is 20.0 Å². The molecule has 1 aromatic rings. The molecule has 1 unspecified atom stereocenters. The summed E-state index contributed by atoms with van der Waals surface area (Å²) in [5.41, 5.74) is 10.9. The van der Waals surface area contributed by atoms with E-state index < -0.39 is 5.54 Å². The highest BCUT2D eigenvalue weighted by Crippen LogP contribution is 2.21. The molecule has 1 heterocycles. The van der Waals surface area contributed by atoms with Crippen LogP contribution in [0.2, 0.25) is 0 Å². The molecule has 0 radical (unpaired) electrons. The van der Waals surface area contributed by atoms with Crippen LogP contribution in [0.15, 0.2) is 6.20 Å². The van der Waals surface area contributed by atoms with Crippen LogP contribution in [0.4, 0.5) is 0 Å². The lowest BCUT2D eigenvalue weighted by atomic mass is 10.1. The summed E-state index contributed by atoms with van der Waals surface area (Å²) < 4.78 is 0. The van der Waals surface area contributed by atoms with E-state index in [1.165, 1.54) is 4.88 Å². The molecule has 11 heavy (non-hydrogen) atoms. The molecule has 0 bridgehead atoms. The Morgan fingerprint density at radius 1 is 1.73 bits per heavy atom. The summed E-state index contributed by atoms with van der Waals surface area (Å²) in [4.78, 5) is 5.34. The normalized spacial score (nSPS) is 16.4. The van der Waals surface area contributed by atoms with Crippen molar-refractivity contribution in [2.45, 2.75) is 19.4 Å². The van der Waals surface area contributed by atoms with Gasteiger partial charge in [-0.15, -0.1) is 11.3 Å². The van der Waals surface area contributed by atoms with Crippen LogP contribution in [0.3, 0.4) is 0 Å². The van der Waals surface area contributed by atoms with Crippen molar-refractivity contribution in [1.29, 1.82) is 0 Å². The van der Waals surface area contributed by atoms with E-state index in [9.17, 15) is 0 Å². The predicted octanol–water partition coefficient (Wildman–Crippen LogP) is 0.584. The molecule has 1 rings (SSSR count). The van der Waals surface area contributed by atoms with Gasteiger partial charge in [-0.25, -0.2) is 4.98 Å². The molecular weight excluding hydrogens is 158 g/mol. The minimum atomic E-state index is -0.459. The molecular formula is C7H13N3S. The van der Waals surface area contributed by atoms with E-state index >= 15 is 0 Å². The lowest BCUT2D eigenvalue weighted by Crippen LogP contribution is -2.40. The number of aromatic nitrogens is 1. The number of nitrogens with zero attached hydrogens (tertiary/aromatic N) is 1. The zero-order chi connectivity index (χ0) is 8.48. The molecule has 0 aliphatic carbocycles. The second kappa shape index (κ2) is 2.89. The van der Waals surface area contributed by atoms with Gasteiger partial charge in [0.2, 0.25) is 0 Å². The van der Waals surface area contributed by atoms with E-state index in [4.69, 9.17) is 11.5 Å². The van der Waals surface area contributed by atoms with Crippen LogP contribution in [-0.4, -0.2) is 11.5 Å². The van der Waals surface area contributed by atoms with Crippen molar-refractivity contribution >= 4 is 11.3 Å². The summed E-state index contributed by atoms with van der Waals surface area (Å²) in [5, 5.41) is 0.914. The van der Waals surface area contributed by atoms with E-state index in [-0.39, 0.29) is 0 Å². The van der Waals surface area contributed by atoms with Crippen LogP contribution >= 0.6 is 11.3 Å². The first-order chi connectivity index (χ1) is 5.06. The first kappa shape index (κ1) is 8.64. The number of aryl methyl sites for hydroxylation is 1. The Morgan fingerprint density at radius 3 is 2.73 bits per heavy atom. The zero-order valence-electron chi connectivity index (χ0n) is 6.79. The molecule has 4 N–H and O–H groups in total. The zero-order valence-corrected chi connectivity index (χ0v) is 7.61. The van der Waals surface area contributed by atoms with Gasteiger partial charge in [-0.05, 0) is 13.8 Å². The summed E-state index contributed by atoms with van der Waals surface area (Å²) in [6.07, 6.45) is 1.82. The van der Waals surface area contributed by atoms with Gasteiger partial charge in [-0.2, -0.15) is 0 Å². The molecule has 0 fully saturated rings. The second-order valence-electron chi connectivity index (χ2n) is 2.90. The molecule has 1 aromatic heterocycles. The number of hydrogen-bond donors (Lipinski definition) is 2. The predicted molar refractivity (Wildman–Crippen MR) is 47.4 cm³/mol. The first-order valence-electron chi connectivity index (χ1n) is 3.48. The number of hydrogen-bond acceptors (Lipinski definition) is 4. The molecule has 0 aliphatic rings. The van der Waals surface area contributed by atoms with Gasteiger partial charge in [0.25, 0.3) is 0 Å². The van der Waals surface area contributed by atoms with Crippen molar-refractivity contribution in [3.8, 4) is 0 Å². The maximum atomic E-state index is 5.87. The Morgan fingerprint density at radius 2 is 2.36 bits per heavy atom. The molecule has 0 saturated heterocycles. The van der Waals surface area contributed by atoms with Gasteiger partial charge in [0, 0.05) is 17.6 Å². The van der Waals surface area contributed by atoms with Crippen LogP contribution in [0.1, 0.15) is 16.8 Å². The Kier molecular flexibility index (Phi) is 2.27. The van der Waals surface area contributed by atoms with Gasteiger partial charge in [-0.1, -0.05) is 0 Å². The summed E-state index contributed by atoms with van der Waals surface area (Å²) in [6, 6.07) is 0. The molecule has 0 aromatic carbocycles. The Balaban J connectivity index is 2.92.